The monoisotopic (exact) mass is 340 g/mol. The van der Waals surface area contributed by atoms with E-state index in [0.29, 0.717) is 18.4 Å². The number of unbranched alkanes of at least 4 members (excludes halogenated alkanes) is 2. The Kier molecular flexibility index (Phi) is 8.63. The van der Waals surface area contributed by atoms with Crippen molar-refractivity contribution < 1.29 is 18.8 Å². The third-order valence-corrected chi connectivity index (χ3v) is 5.76. The topological polar surface area (TPSA) is 43.4 Å². The lowest BCUT2D eigenvalue weighted by atomic mass is 10.2. The predicted molar refractivity (Wildman–Crippen MR) is 96.3 cm³/mol. The van der Waals surface area contributed by atoms with Crippen LogP contribution in [0.15, 0.2) is 25.3 Å². The summed E-state index contributed by atoms with van der Waals surface area (Å²) in [6.07, 6.45) is 7.87. The molecule has 0 aromatic heterocycles. The van der Waals surface area contributed by atoms with E-state index in [-0.39, 0.29) is 22.5 Å². The lowest BCUT2D eigenvalue weighted by Gasteiger charge is -2.30. The molecule has 130 valence electrons. The van der Waals surface area contributed by atoms with Gasteiger partial charge in [0.2, 0.25) is 0 Å². The van der Waals surface area contributed by atoms with Gasteiger partial charge >= 0.3 is 12.0 Å². The first-order valence-electron chi connectivity index (χ1n) is 8.38. The van der Waals surface area contributed by atoms with Gasteiger partial charge in [-0.05, 0) is 38.4 Å². The van der Waals surface area contributed by atoms with Gasteiger partial charge in [-0.15, -0.1) is 13.2 Å². The van der Waals surface area contributed by atoms with Crippen LogP contribution >= 0.6 is 11.8 Å². The molecule has 5 heteroatoms. The Balaban J connectivity index is 2.64. The van der Waals surface area contributed by atoms with Crippen LogP contribution in [0.25, 0.3) is 0 Å². The molecule has 0 aliphatic carbocycles. The maximum Gasteiger partial charge on any atom is 0.523 e. The summed E-state index contributed by atoms with van der Waals surface area (Å²) in [5.41, 5.74) is 0. The van der Waals surface area contributed by atoms with Gasteiger partial charge in [0.25, 0.3) is 0 Å². The lowest BCUT2D eigenvalue weighted by molar-refractivity contribution is -0.791. The van der Waals surface area contributed by atoms with Crippen LogP contribution in [0.4, 0.5) is 4.79 Å². The molecule has 1 rings (SSSR count). The van der Waals surface area contributed by atoms with Crippen molar-refractivity contribution in [1.29, 1.82) is 0 Å². The number of amides is 2. The fourth-order valence-electron chi connectivity index (χ4n) is 3.06. The molecule has 0 N–H and O–H groups in total. The summed E-state index contributed by atoms with van der Waals surface area (Å²) in [6, 6.07) is -0.0173. The van der Waals surface area contributed by atoms with Crippen LogP contribution in [0.3, 0.4) is 0 Å². The molecule has 0 bridgehead atoms. The first-order chi connectivity index (χ1) is 11.0. The van der Waals surface area contributed by atoms with E-state index in [1.807, 2.05) is 24.8 Å². The number of quaternary nitrogens is 1. The van der Waals surface area contributed by atoms with Gasteiger partial charge in [-0.25, -0.2) is 4.79 Å². The van der Waals surface area contributed by atoms with Gasteiger partial charge in [0.1, 0.15) is 12.6 Å². The van der Waals surface area contributed by atoms with Crippen molar-refractivity contribution in [3.8, 4) is 0 Å². The Hall–Kier alpha value is -1.07. The molecular weight excluding hydrogens is 310 g/mol. The largest absolute Gasteiger partial charge is 0.523 e. The van der Waals surface area contributed by atoms with Gasteiger partial charge < -0.3 is 4.74 Å². The molecule has 0 aromatic rings. The minimum Gasteiger partial charge on any atom is -0.420 e. The molecule has 1 aliphatic rings. The van der Waals surface area contributed by atoms with E-state index in [0.717, 1.165) is 37.9 Å². The van der Waals surface area contributed by atoms with Crippen molar-refractivity contribution in [2.24, 2.45) is 0 Å². The minimum absolute atomic E-state index is 0.0173. The standard InChI is InChI=1S/C18H30NO3S/c1-5-7-9-11-22-18(21)19(16(4)20)14-17(13-15(19)3)23-12-10-8-6-2/h5-6,15,17H,1-2,7-14H2,3-4H3/q+1/t15-,17-,19-/m1/s1. The number of hydrogen-bond donors (Lipinski definition) is 0. The summed E-state index contributed by atoms with van der Waals surface area (Å²) in [5.74, 6) is 0.927. The van der Waals surface area contributed by atoms with Crippen LogP contribution in [0.5, 0.6) is 0 Å². The van der Waals surface area contributed by atoms with E-state index >= 15 is 0 Å². The molecule has 2 amide bonds. The Morgan fingerprint density at radius 1 is 1.26 bits per heavy atom. The summed E-state index contributed by atoms with van der Waals surface area (Å²) in [5, 5.41) is 0.333. The summed E-state index contributed by atoms with van der Waals surface area (Å²) >= 11 is 1.86. The molecule has 0 radical (unpaired) electrons. The minimum atomic E-state index is -0.386. The molecule has 1 aliphatic heterocycles. The fraction of sp³-hybridized carbons (Fsp3) is 0.667. The number of hydrogen-bond acceptors (Lipinski definition) is 4. The van der Waals surface area contributed by atoms with Crippen molar-refractivity contribution >= 4 is 23.8 Å². The number of likely N-dealkylation sites (tertiary alicyclic amines) is 1. The number of allylic oxidation sites excluding steroid dienone is 2. The highest BCUT2D eigenvalue weighted by Crippen LogP contribution is 2.35. The Morgan fingerprint density at radius 3 is 2.52 bits per heavy atom. The van der Waals surface area contributed by atoms with Crippen LogP contribution in [-0.4, -0.2) is 46.7 Å². The van der Waals surface area contributed by atoms with Gasteiger partial charge in [-0.2, -0.15) is 21.0 Å². The molecule has 0 saturated carbocycles. The van der Waals surface area contributed by atoms with E-state index < -0.39 is 0 Å². The quantitative estimate of drug-likeness (QED) is 0.356. The first kappa shape index (κ1) is 20.0. The Bertz CT molecular complexity index is 438. The highest BCUT2D eigenvalue weighted by atomic mass is 32.2. The number of carbonyl (C=O) groups excluding carboxylic acids is 2. The average molecular weight is 341 g/mol. The number of nitrogens with zero attached hydrogens (tertiary/aromatic N) is 1. The average Bonchev–Trinajstić information content (AvgIpc) is 2.86. The van der Waals surface area contributed by atoms with Crippen molar-refractivity contribution in [3.05, 3.63) is 25.3 Å². The molecule has 0 spiro atoms. The molecule has 3 atom stereocenters. The molecule has 0 unspecified atom stereocenters. The predicted octanol–water partition coefficient (Wildman–Crippen LogP) is 4.31. The summed E-state index contributed by atoms with van der Waals surface area (Å²) < 4.78 is 5.24. The second-order valence-corrected chi connectivity index (χ2v) is 7.53. The number of thioether (sulfide) groups is 1. The van der Waals surface area contributed by atoms with Crippen LogP contribution in [-0.2, 0) is 9.53 Å². The highest BCUT2D eigenvalue weighted by Gasteiger charge is 2.55. The van der Waals surface area contributed by atoms with Crippen molar-refractivity contribution in [2.75, 3.05) is 18.9 Å². The lowest BCUT2D eigenvalue weighted by Crippen LogP contribution is -2.58. The van der Waals surface area contributed by atoms with Crippen LogP contribution in [0.2, 0.25) is 0 Å². The van der Waals surface area contributed by atoms with Crippen LogP contribution in [0.1, 0.15) is 46.0 Å². The van der Waals surface area contributed by atoms with Crippen molar-refractivity contribution in [2.45, 2.75) is 57.2 Å². The van der Waals surface area contributed by atoms with E-state index in [2.05, 4.69) is 13.2 Å². The Labute approximate surface area is 144 Å². The fourth-order valence-corrected chi connectivity index (χ4v) is 4.48. The van der Waals surface area contributed by atoms with Gasteiger partial charge in [0.05, 0.1) is 18.8 Å². The molecular formula is C18H30NO3S+. The molecule has 0 aromatic carbocycles. The zero-order valence-electron chi connectivity index (χ0n) is 14.5. The highest BCUT2D eigenvalue weighted by molar-refractivity contribution is 7.99. The zero-order valence-corrected chi connectivity index (χ0v) is 15.3. The van der Waals surface area contributed by atoms with E-state index in [9.17, 15) is 9.59 Å². The van der Waals surface area contributed by atoms with Crippen molar-refractivity contribution in [3.63, 3.8) is 0 Å². The summed E-state index contributed by atoms with van der Waals surface area (Å²) in [6.45, 7) is 11.8. The van der Waals surface area contributed by atoms with Gasteiger partial charge in [-0.1, -0.05) is 12.2 Å². The van der Waals surface area contributed by atoms with E-state index in [4.69, 9.17) is 4.74 Å². The smallest absolute Gasteiger partial charge is 0.420 e. The molecule has 1 heterocycles. The molecule has 1 fully saturated rings. The van der Waals surface area contributed by atoms with Crippen LogP contribution in [0, 0.1) is 0 Å². The van der Waals surface area contributed by atoms with E-state index in [1.54, 1.807) is 6.08 Å². The third kappa shape index (κ3) is 5.21. The third-order valence-electron chi connectivity index (χ3n) is 4.42. The maximum absolute atomic E-state index is 12.6. The molecule has 1 saturated heterocycles. The number of ether oxygens (including phenoxy) is 1. The number of carbonyl (C=O) groups is 2. The van der Waals surface area contributed by atoms with Crippen LogP contribution < -0.4 is 0 Å². The van der Waals surface area contributed by atoms with E-state index in [1.165, 1.54) is 6.92 Å². The van der Waals surface area contributed by atoms with Gasteiger partial charge in [0, 0.05) is 6.42 Å². The maximum atomic E-state index is 12.6. The first-order valence-corrected chi connectivity index (χ1v) is 9.43. The second kappa shape index (κ2) is 9.93. The SMILES string of the molecule is C=CCCCOC(=O)[N@+]1(C(C)=O)C[C@H](SCCCC=C)C[C@H]1C. The molecule has 23 heavy (non-hydrogen) atoms. The second-order valence-electron chi connectivity index (χ2n) is 6.12. The number of rotatable bonds is 9. The summed E-state index contributed by atoms with van der Waals surface area (Å²) in [7, 11) is 0. The number of imide groups is 1. The Morgan fingerprint density at radius 2 is 1.91 bits per heavy atom. The summed E-state index contributed by atoms with van der Waals surface area (Å²) in [4.78, 5) is 24.8. The van der Waals surface area contributed by atoms with Gasteiger partial charge in [0.15, 0.2) is 0 Å². The van der Waals surface area contributed by atoms with Crippen molar-refractivity contribution in [1.82, 2.24) is 0 Å². The zero-order chi connectivity index (χ0) is 17.3. The van der Waals surface area contributed by atoms with Gasteiger partial charge in [-0.3, -0.25) is 0 Å². The normalized spacial score (nSPS) is 26.7. The molecule has 4 nitrogen and oxygen atoms in total.